The summed E-state index contributed by atoms with van der Waals surface area (Å²) in [5, 5.41) is 1.94. The molecule has 5 nitrogen and oxygen atoms in total. The summed E-state index contributed by atoms with van der Waals surface area (Å²) in [4.78, 5) is 17.2. The Morgan fingerprint density at radius 3 is 2.81 bits per heavy atom. The average molecular weight is 400 g/mol. The maximum atomic E-state index is 12.6. The molecule has 0 amide bonds. The second-order valence-corrected chi connectivity index (χ2v) is 7.77. The lowest BCUT2D eigenvalue weighted by molar-refractivity contribution is 0.306. The van der Waals surface area contributed by atoms with Crippen molar-refractivity contribution in [2.45, 2.75) is 26.9 Å². The fourth-order valence-electron chi connectivity index (χ4n) is 3.03. The number of halogens is 1. The van der Waals surface area contributed by atoms with Crippen molar-refractivity contribution < 1.29 is 4.74 Å². The molecule has 0 atom stereocenters. The number of hydrogen-bond donors (Lipinski definition) is 0. The molecular formula is C20H18ClN3O2S. The number of pyridine rings is 2. The molecule has 27 heavy (non-hydrogen) atoms. The molecule has 138 valence electrons. The summed E-state index contributed by atoms with van der Waals surface area (Å²) in [5.41, 5.74) is 4.67. The van der Waals surface area contributed by atoms with Crippen LogP contribution in [0.3, 0.4) is 0 Å². The van der Waals surface area contributed by atoms with Gasteiger partial charge in [-0.1, -0.05) is 18.5 Å². The highest BCUT2D eigenvalue weighted by Crippen LogP contribution is 2.21. The predicted molar refractivity (Wildman–Crippen MR) is 109 cm³/mol. The molecule has 0 unspecified atom stereocenters. The molecule has 0 radical (unpaired) electrons. The molecule has 0 aliphatic rings. The first kappa shape index (κ1) is 17.8. The van der Waals surface area contributed by atoms with Gasteiger partial charge in [0.05, 0.1) is 15.7 Å². The lowest BCUT2D eigenvalue weighted by atomic mass is 10.3. The molecule has 4 heterocycles. The van der Waals surface area contributed by atoms with Crippen LogP contribution in [0.15, 0.2) is 52.9 Å². The van der Waals surface area contributed by atoms with Crippen LogP contribution in [0, 0.1) is 6.92 Å². The lowest BCUT2D eigenvalue weighted by Crippen LogP contribution is -2.17. The number of nitrogens with zero attached hydrogens (tertiary/aromatic N) is 3. The number of rotatable bonds is 5. The number of ether oxygens (including phenoxy) is 1. The topological polar surface area (TPSA) is 48.5 Å². The molecule has 0 fully saturated rings. The third-order valence-electron chi connectivity index (χ3n) is 4.47. The highest BCUT2D eigenvalue weighted by atomic mass is 35.5. The Morgan fingerprint density at radius 1 is 1.26 bits per heavy atom. The molecule has 0 saturated heterocycles. The van der Waals surface area contributed by atoms with Crippen molar-refractivity contribution in [3.8, 4) is 11.4 Å². The van der Waals surface area contributed by atoms with Gasteiger partial charge in [-0.2, -0.15) is 0 Å². The van der Waals surface area contributed by atoms with Crippen LogP contribution in [0.2, 0.25) is 4.34 Å². The Labute approximate surface area is 165 Å². The van der Waals surface area contributed by atoms with Crippen LogP contribution in [-0.2, 0) is 13.0 Å². The van der Waals surface area contributed by atoms with Gasteiger partial charge in [0.2, 0.25) is 0 Å². The summed E-state index contributed by atoms with van der Waals surface area (Å²) < 4.78 is 10.0. The van der Waals surface area contributed by atoms with Crippen LogP contribution < -0.4 is 10.3 Å². The Balaban J connectivity index is 1.61. The van der Waals surface area contributed by atoms with E-state index in [-0.39, 0.29) is 5.56 Å². The highest BCUT2D eigenvalue weighted by Gasteiger charge is 2.09. The van der Waals surface area contributed by atoms with E-state index in [0.29, 0.717) is 12.4 Å². The first-order valence-electron chi connectivity index (χ1n) is 8.61. The van der Waals surface area contributed by atoms with Crippen molar-refractivity contribution in [2.24, 2.45) is 0 Å². The zero-order valence-electron chi connectivity index (χ0n) is 15.0. The minimum atomic E-state index is -0.149. The van der Waals surface area contributed by atoms with E-state index in [1.54, 1.807) is 16.8 Å². The van der Waals surface area contributed by atoms with Crippen LogP contribution in [0.25, 0.3) is 11.3 Å². The Morgan fingerprint density at radius 2 is 2.11 bits per heavy atom. The van der Waals surface area contributed by atoms with Crippen molar-refractivity contribution in [3.63, 3.8) is 0 Å². The Bertz CT molecular complexity index is 1180. The summed E-state index contributed by atoms with van der Waals surface area (Å²) in [6.07, 6.45) is 4.54. The average Bonchev–Trinajstić information content (AvgIpc) is 3.23. The quantitative estimate of drug-likeness (QED) is 0.490. The Hall–Kier alpha value is -2.57. The van der Waals surface area contributed by atoms with Crippen LogP contribution >= 0.6 is 22.9 Å². The predicted octanol–water partition coefficient (Wildman–Crippen LogP) is 4.65. The zero-order chi connectivity index (χ0) is 19.0. The van der Waals surface area contributed by atoms with E-state index >= 15 is 0 Å². The van der Waals surface area contributed by atoms with Gasteiger partial charge in [-0.05, 0) is 43.0 Å². The van der Waals surface area contributed by atoms with Gasteiger partial charge in [0, 0.05) is 29.7 Å². The van der Waals surface area contributed by atoms with Gasteiger partial charge >= 0.3 is 0 Å². The van der Waals surface area contributed by atoms with E-state index < -0.39 is 0 Å². The minimum absolute atomic E-state index is 0.149. The van der Waals surface area contributed by atoms with E-state index in [4.69, 9.17) is 16.3 Å². The smallest absolute Gasteiger partial charge is 0.258 e. The van der Waals surface area contributed by atoms with E-state index in [1.807, 2.05) is 41.1 Å². The van der Waals surface area contributed by atoms with E-state index in [0.717, 1.165) is 39.0 Å². The normalized spacial score (nSPS) is 11.2. The van der Waals surface area contributed by atoms with E-state index in [9.17, 15) is 4.79 Å². The molecular weight excluding hydrogens is 382 g/mol. The summed E-state index contributed by atoms with van der Waals surface area (Å²) in [7, 11) is 0. The fraction of sp³-hybridized carbons (Fsp3) is 0.200. The molecule has 4 aromatic rings. The number of hydrogen-bond acceptors (Lipinski definition) is 4. The van der Waals surface area contributed by atoms with Gasteiger partial charge in [0.1, 0.15) is 18.0 Å². The third-order valence-corrected chi connectivity index (χ3v) is 5.61. The summed E-state index contributed by atoms with van der Waals surface area (Å²) >= 11 is 7.38. The van der Waals surface area contributed by atoms with Gasteiger partial charge in [-0.25, -0.2) is 4.98 Å². The van der Waals surface area contributed by atoms with Crippen LogP contribution in [-0.4, -0.2) is 14.0 Å². The van der Waals surface area contributed by atoms with Gasteiger partial charge in [0.25, 0.3) is 5.56 Å². The lowest BCUT2D eigenvalue weighted by Gasteiger charge is -2.09. The van der Waals surface area contributed by atoms with Crippen molar-refractivity contribution in [3.05, 3.63) is 79.7 Å². The first-order chi connectivity index (χ1) is 13.0. The van der Waals surface area contributed by atoms with E-state index in [2.05, 4.69) is 11.9 Å². The number of imidazole rings is 1. The molecule has 0 aliphatic heterocycles. The van der Waals surface area contributed by atoms with Gasteiger partial charge < -0.3 is 9.14 Å². The highest BCUT2D eigenvalue weighted by molar-refractivity contribution is 7.14. The van der Waals surface area contributed by atoms with Crippen LogP contribution in [0.5, 0.6) is 5.75 Å². The standard InChI is InChI=1S/C20H18ClN3O2S/c1-3-17-13(2)24-10-15(4-5-19(24)22-17)23-7-6-16(9-20(23)25)26-11-14-8-18(21)27-12-14/h4-10,12H,3,11H2,1-2H3. The second-order valence-electron chi connectivity index (χ2n) is 6.23. The third kappa shape index (κ3) is 3.50. The van der Waals surface area contributed by atoms with Gasteiger partial charge in [-0.3, -0.25) is 9.36 Å². The fourth-order valence-corrected chi connectivity index (χ4v) is 3.92. The second kappa shape index (κ2) is 7.21. The largest absolute Gasteiger partial charge is 0.489 e. The SMILES string of the molecule is CCc1nc2ccc(-n3ccc(OCc4csc(Cl)c4)cc3=O)cn2c1C. The summed E-state index contributed by atoms with van der Waals surface area (Å²) in [6, 6.07) is 8.98. The van der Waals surface area contributed by atoms with Crippen molar-refractivity contribution >= 4 is 28.6 Å². The number of aryl methyl sites for hydroxylation is 2. The minimum Gasteiger partial charge on any atom is -0.489 e. The molecule has 4 aromatic heterocycles. The van der Waals surface area contributed by atoms with Crippen molar-refractivity contribution in [1.29, 1.82) is 0 Å². The molecule has 0 aromatic carbocycles. The molecule has 0 N–H and O–H groups in total. The van der Waals surface area contributed by atoms with Crippen LogP contribution in [0.4, 0.5) is 0 Å². The maximum absolute atomic E-state index is 12.6. The number of aromatic nitrogens is 3. The molecule has 0 spiro atoms. The summed E-state index contributed by atoms with van der Waals surface area (Å²) in [6.45, 7) is 4.51. The van der Waals surface area contributed by atoms with Crippen LogP contribution in [0.1, 0.15) is 23.9 Å². The van der Waals surface area contributed by atoms with Crippen molar-refractivity contribution in [1.82, 2.24) is 14.0 Å². The number of fused-ring (bicyclic) bond motifs is 1. The first-order valence-corrected chi connectivity index (χ1v) is 9.87. The van der Waals surface area contributed by atoms with Crippen molar-refractivity contribution in [2.75, 3.05) is 0 Å². The molecule has 0 aliphatic carbocycles. The zero-order valence-corrected chi connectivity index (χ0v) is 16.5. The Kier molecular flexibility index (Phi) is 4.76. The molecule has 7 heteroatoms. The maximum Gasteiger partial charge on any atom is 0.258 e. The van der Waals surface area contributed by atoms with Gasteiger partial charge in [0.15, 0.2) is 0 Å². The molecule has 4 rings (SSSR count). The summed E-state index contributed by atoms with van der Waals surface area (Å²) in [5.74, 6) is 0.534. The van der Waals surface area contributed by atoms with E-state index in [1.165, 1.54) is 17.4 Å². The monoisotopic (exact) mass is 399 g/mol. The van der Waals surface area contributed by atoms with Gasteiger partial charge in [-0.15, -0.1) is 11.3 Å². The number of thiophene rings is 1. The molecule has 0 saturated carbocycles. The molecule has 0 bridgehead atoms.